The van der Waals surface area contributed by atoms with E-state index in [1.165, 1.54) is 6.07 Å². The number of rotatable bonds is 5. The maximum atomic E-state index is 12.1. The fourth-order valence-electron chi connectivity index (χ4n) is 1.47. The van der Waals surface area contributed by atoms with E-state index >= 15 is 0 Å². The highest BCUT2D eigenvalue weighted by Crippen LogP contribution is 2.18. The van der Waals surface area contributed by atoms with Crippen LogP contribution in [0, 0.1) is 0 Å². The minimum absolute atomic E-state index is 0.118. The van der Waals surface area contributed by atoms with Crippen LogP contribution in [0.2, 0.25) is 0 Å². The first-order chi connectivity index (χ1) is 9.41. The molecule has 21 heavy (non-hydrogen) atoms. The molecule has 1 aromatic heterocycles. The van der Waals surface area contributed by atoms with Crippen molar-refractivity contribution in [3.8, 4) is 0 Å². The number of amides is 1. The van der Waals surface area contributed by atoms with Gasteiger partial charge in [0.05, 0.1) is 0 Å². The number of ether oxygens (including phenoxy) is 1. The number of hydrogen-bond donors (Lipinski definition) is 2. The Morgan fingerprint density at radius 2 is 1.90 bits per heavy atom. The summed E-state index contributed by atoms with van der Waals surface area (Å²) in [4.78, 5) is 11.6. The first-order valence-electron chi connectivity index (χ1n) is 6.46. The molecule has 0 bridgehead atoms. The summed E-state index contributed by atoms with van der Waals surface area (Å²) < 4.78 is 32.2. The lowest BCUT2D eigenvalue weighted by Crippen LogP contribution is -2.51. The maximum Gasteiger partial charge on any atom is 0.407 e. The summed E-state index contributed by atoms with van der Waals surface area (Å²) in [5.74, 6) is 0. The summed E-state index contributed by atoms with van der Waals surface area (Å²) in [6, 6.07) is 3.20. The van der Waals surface area contributed by atoms with Gasteiger partial charge in [-0.3, -0.25) is 0 Å². The number of hydrogen-bond acceptors (Lipinski definition) is 5. The summed E-state index contributed by atoms with van der Waals surface area (Å²) in [5.41, 5.74) is -1.43. The fraction of sp³-hybridized carbons (Fsp3) is 0.615. The summed E-state index contributed by atoms with van der Waals surface area (Å²) in [6.45, 7) is 8.78. The van der Waals surface area contributed by atoms with E-state index < -0.39 is 27.3 Å². The van der Waals surface area contributed by atoms with E-state index in [-0.39, 0.29) is 10.8 Å². The van der Waals surface area contributed by atoms with E-state index in [9.17, 15) is 13.2 Å². The number of thiophene rings is 1. The highest BCUT2D eigenvalue weighted by molar-refractivity contribution is 7.91. The van der Waals surface area contributed by atoms with Crippen LogP contribution >= 0.6 is 11.3 Å². The van der Waals surface area contributed by atoms with Crippen molar-refractivity contribution < 1.29 is 17.9 Å². The number of carbonyl (C=O) groups is 1. The molecule has 0 aliphatic heterocycles. The van der Waals surface area contributed by atoms with Gasteiger partial charge in [0.1, 0.15) is 9.81 Å². The van der Waals surface area contributed by atoms with Crippen molar-refractivity contribution in [2.24, 2.45) is 0 Å². The van der Waals surface area contributed by atoms with E-state index in [1.807, 2.05) is 0 Å². The van der Waals surface area contributed by atoms with E-state index in [1.54, 1.807) is 46.1 Å². The fourth-order valence-corrected chi connectivity index (χ4v) is 3.88. The Labute approximate surface area is 129 Å². The number of nitrogens with one attached hydrogen (secondary N) is 2. The molecule has 6 nitrogen and oxygen atoms in total. The molecular formula is C13H22N2O4S2. The summed E-state index contributed by atoms with van der Waals surface area (Å²) in [5, 5.41) is 4.26. The smallest absolute Gasteiger partial charge is 0.407 e. The van der Waals surface area contributed by atoms with Gasteiger partial charge in [0.15, 0.2) is 0 Å². The van der Waals surface area contributed by atoms with Gasteiger partial charge >= 0.3 is 6.09 Å². The van der Waals surface area contributed by atoms with Gasteiger partial charge < -0.3 is 10.1 Å². The first-order valence-corrected chi connectivity index (χ1v) is 8.82. The molecule has 0 unspecified atom stereocenters. The van der Waals surface area contributed by atoms with Crippen LogP contribution < -0.4 is 10.0 Å². The number of alkyl carbamates (subject to hydrolysis) is 1. The van der Waals surface area contributed by atoms with Crippen LogP contribution in [0.1, 0.15) is 34.6 Å². The van der Waals surface area contributed by atoms with Crippen molar-refractivity contribution in [3.05, 3.63) is 17.5 Å². The minimum atomic E-state index is -3.58. The average Bonchev–Trinajstić information content (AvgIpc) is 2.76. The predicted molar refractivity (Wildman–Crippen MR) is 83.0 cm³/mol. The van der Waals surface area contributed by atoms with E-state index in [0.29, 0.717) is 0 Å². The third-order valence-corrected chi connectivity index (χ3v) is 5.34. The molecule has 0 atom stereocenters. The predicted octanol–water partition coefficient (Wildman–Crippen LogP) is 2.33. The van der Waals surface area contributed by atoms with Gasteiger partial charge in [0.25, 0.3) is 10.0 Å². The lowest BCUT2D eigenvalue weighted by Gasteiger charge is -2.27. The second-order valence-electron chi connectivity index (χ2n) is 6.28. The lowest BCUT2D eigenvalue weighted by molar-refractivity contribution is 0.0516. The third-order valence-electron chi connectivity index (χ3n) is 2.24. The van der Waals surface area contributed by atoms with Crippen molar-refractivity contribution in [2.75, 3.05) is 6.54 Å². The molecule has 8 heteroatoms. The number of carbonyl (C=O) groups excluding carboxylic acids is 1. The maximum absolute atomic E-state index is 12.1. The largest absolute Gasteiger partial charge is 0.444 e. The molecular weight excluding hydrogens is 312 g/mol. The van der Waals surface area contributed by atoms with E-state index in [2.05, 4.69) is 10.0 Å². The Morgan fingerprint density at radius 1 is 1.29 bits per heavy atom. The molecule has 120 valence electrons. The summed E-state index contributed by atoms with van der Waals surface area (Å²) in [7, 11) is -3.58. The monoisotopic (exact) mass is 334 g/mol. The lowest BCUT2D eigenvalue weighted by atomic mass is 10.1. The van der Waals surface area contributed by atoms with Gasteiger partial charge in [-0.05, 0) is 46.1 Å². The van der Waals surface area contributed by atoms with Crippen molar-refractivity contribution in [1.29, 1.82) is 0 Å². The van der Waals surface area contributed by atoms with Gasteiger partial charge in [0.2, 0.25) is 0 Å². The zero-order valence-electron chi connectivity index (χ0n) is 12.9. The molecule has 1 rings (SSSR count). The Kier molecular flexibility index (Phi) is 5.40. The molecule has 2 N–H and O–H groups in total. The second kappa shape index (κ2) is 6.33. The molecule has 1 aromatic rings. The van der Waals surface area contributed by atoms with Gasteiger partial charge in [-0.15, -0.1) is 11.3 Å². The van der Waals surface area contributed by atoms with Crippen LogP contribution in [0.5, 0.6) is 0 Å². The Hall–Kier alpha value is -1.12. The van der Waals surface area contributed by atoms with Crippen molar-refractivity contribution in [2.45, 2.75) is 50.0 Å². The zero-order valence-corrected chi connectivity index (χ0v) is 14.5. The van der Waals surface area contributed by atoms with Crippen LogP contribution in [0.25, 0.3) is 0 Å². The van der Waals surface area contributed by atoms with E-state index in [0.717, 1.165) is 11.3 Å². The Balaban J connectivity index is 2.60. The molecule has 0 spiro atoms. The molecule has 0 aromatic carbocycles. The minimum Gasteiger partial charge on any atom is -0.444 e. The van der Waals surface area contributed by atoms with Crippen molar-refractivity contribution in [1.82, 2.24) is 10.0 Å². The first kappa shape index (κ1) is 17.9. The van der Waals surface area contributed by atoms with Crippen molar-refractivity contribution >= 4 is 27.5 Å². The second-order valence-corrected chi connectivity index (χ2v) is 9.13. The van der Waals surface area contributed by atoms with E-state index in [4.69, 9.17) is 4.74 Å². The molecule has 1 heterocycles. The van der Waals surface area contributed by atoms with Gasteiger partial charge in [-0.2, -0.15) is 0 Å². The van der Waals surface area contributed by atoms with Crippen LogP contribution in [-0.4, -0.2) is 32.2 Å². The Bertz CT molecular complexity index is 572. The zero-order chi connectivity index (χ0) is 16.3. The highest BCUT2D eigenvalue weighted by atomic mass is 32.2. The third kappa shape index (κ3) is 6.45. The molecule has 0 saturated carbocycles. The topological polar surface area (TPSA) is 84.5 Å². The molecule has 0 saturated heterocycles. The highest BCUT2D eigenvalue weighted by Gasteiger charge is 2.28. The Morgan fingerprint density at radius 3 is 2.38 bits per heavy atom. The molecule has 0 aliphatic carbocycles. The SMILES string of the molecule is CC(C)(CNC(=O)OC(C)(C)C)NS(=O)(=O)c1cccs1. The number of sulfonamides is 1. The van der Waals surface area contributed by atoms with Gasteiger partial charge in [0, 0.05) is 12.1 Å². The standard InChI is InChI=1S/C13H22N2O4S2/c1-12(2,3)19-11(16)14-9-13(4,5)15-21(17,18)10-7-6-8-20-10/h6-8,15H,9H2,1-5H3,(H,14,16). The molecule has 0 fully saturated rings. The van der Waals surface area contributed by atoms with Crippen LogP contribution in [-0.2, 0) is 14.8 Å². The van der Waals surface area contributed by atoms with Crippen LogP contribution in [0.4, 0.5) is 4.79 Å². The molecule has 0 aliphatic rings. The quantitative estimate of drug-likeness (QED) is 0.865. The van der Waals surface area contributed by atoms with Crippen molar-refractivity contribution in [3.63, 3.8) is 0 Å². The average molecular weight is 334 g/mol. The van der Waals surface area contributed by atoms with Crippen LogP contribution in [0.15, 0.2) is 21.7 Å². The normalized spacial score (nSPS) is 13.0. The molecule has 0 radical (unpaired) electrons. The summed E-state index contributed by atoms with van der Waals surface area (Å²) in [6.07, 6.45) is -0.578. The molecule has 1 amide bonds. The van der Waals surface area contributed by atoms with Gasteiger partial charge in [-0.1, -0.05) is 6.07 Å². The van der Waals surface area contributed by atoms with Gasteiger partial charge in [-0.25, -0.2) is 17.9 Å². The van der Waals surface area contributed by atoms with Crippen LogP contribution in [0.3, 0.4) is 0 Å². The summed E-state index contributed by atoms with van der Waals surface area (Å²) >= 11 is 1.14.